The molecular weight excluding hydrogens is 340 g/mol. The highest BCUT2D eigenvalue weighted by Crippen LogP contribution is 2.26. The number of amides is 2. The van der Waals surface area contributed by atoms with Gasteiger partial charge in [0.25, 0.3) is 5.91 Å². The number of hydrogen-bond acceptors (Lipinski definition) is 3. The summed E-state index contributed by atoms with van der Waals surface area (Å²) in [4.78, 5) is 32.3. The molecule has 0 unspecified atom stereocenters. The molecule has 1 aromatic rings. The van der Waals surface area contributed by atoms with Gasteiger partial charge in [0.2, 0.25) is 5.91 Å². The van der Waals surface area contributed by atoms with Crippen molar-refractivity contribution in [2.45, 2.75) is 38.6 Å². The van der Waals surface area contributed by atoms with Crippen molar-refractivity contribution < 1.29 is 19.4 Å². The van der Waals surface area contributed by atoms with Crippen LogP contribution in [0.15, 0.2) is 24.3 Å². The number of rotatable bonds is 4. The lowest BCUT2D eigenvalue weighted by Crippen LogP contribution is -3.29. The largest absolute Gasteiger partial charge is 0.372 e. The molecule has 3 fully saturated rings. The smallest absolute Gasteiger partial charge is 0.292 e. The maximum absolute atomic E-state index is 13.0. The number of imide groups is 1. The summed E-state index contributed by atoms with van der Waals surface area (Å²) in [5, 5.41) is 0. The molecule has 6 nitrogen and oxygen atoms in total. The number of nitrogens with one attached hydrogen (secondary N) is 2. The third kappa shape index (κ3) is 3.73. The maximum Gasteiger partial charge on any atom is 0.292 e. The number of anilines is 2. The van der Waals surface area contributed by atoms with Crippen LogP contribution >= 0.6 is 0 Å². The zero-order valence-electron chi connectivity index (χ0n) is 16.4. The Morgan fingerprint density at radius 2 is 1.56 bits per heavy atom. The van der Waals surface area contributed by atoms with Crippen LogP contribution in [0.3, 0.4) is 0 Å². The summed E-state index contributed by atoms with van der Waals surface area (Å²) in [6, 6.07) is 7.81. The van der Waals surface area contributed by atoms with Crippen molar-refractivity contribution >= 4 is 23.2 Å². The van der Waals surface area contributed by atoms with E-state index in [9.17, 15) is 9.59 Å². The topological polar surface area (TPSA) is 49.5 Å². The average molecular weight is 373 g/mol. The second kappa shape index (κ2) is 7.98. The number of nitrogens with zero attached hydrogens (tertiary/aromatic N) is 2. The Morgan fingerprint density at radius 1 is 0.926 bits per heavy atom. The van der Waals surface area contributed by atoms with Crippen molar-refractivity contribution in [1.29, 1.82) is 0 Å². The Hall–Kier alpha value is -1.92. The Balaban J connectivity index is 1.44. The summed E-state index contributed by atoms with van der Waals surface area (Å²) < 4.78 is 0. The van der Waals surface area contributed by atoms with Crippen LogP contribution in [-0.4, -0.2) is 63.7 Å². The summed E-state index contributed by atoms with van der Waals surface area (Å²) >= 11 is 0. The van der Waals surface area contributed by atoms with Gasteiger partial charge in [-0.2, -0.15) is 0 Å². The molecule has 146 valence electrons. The maximum atomic E-state index is 13.0. The van der Waals surface area contributed by atoms with Gasteiger partial charge in [0.15, 0.2) is 6.04 Å². The number of benzene rings is 1. The van der Waals surface area contributed by atoms with Gasteiger partial charge in [-0.05, 0) is 50.5 Å². The van der Waals surface area contributed by atoms with Crippen molar-refractivity contribution in [2.75, 3.05) is 55.6 Å². The first-order chi connectivity index (χ1) is 13.2. The first-order valence-electron chi connectivity index (χ1n) is 10.6. The van der Waals surface area contributed by atoms with Crippen LogP contribution in [0, 0.1) is 0 Å². The van der Waals surface area contributed by atoms with E-state index in [0.29, 0.717) is 6.42 Å². The minimum atomic E-state index is -0.197. The molecule has 6 heteroatoms. The summed E-state index contributed by atoms with van der Waals surface area (Å²) in [7, 11) is 0. The summed E-state index contributed by atoms with van der Waals surface area (Å²) in [6.45, 7) is 9.68. The Morgan fingerprint density at radius 3 is 2.19 bits per heavy atom. The molecule has 0 saturated carbocycles. The molecule has 1 atom stereocenters. The van der Waals surface area contributed by atoms with E-state index in [0.717, 1.165) is 51.5 Å². The van der Waals surface area contributed by atoms with E-state index in [-0.39, 0.29) is 17.9 Å². The van der Waals surface area contributed by atoms with E-state index in [1.165, 1.54) is 34.7 Å². The van der Waals surface area contributed by atoms with Gasteiger partial charge in [-0.15, -0.1) is 0 Å². The molecule has 2 N–H and O–H groups in total. The number of carbonyl (C=O) groups is 2. The van der Waals surface area contributed by atoms with Crippen LogP contribution in [-0.2, 0) is 9.59 Å². The lowest BCUT2D eigenvalue weighted by molar-refractivity contribution is -1.02. The first kappa shape index (κ1) is 18.4. The number of likely N-dealkylation sites (N-methyl/N-ethyl adjacent to an activating group) is 1. The predicted octanol–water partition coefficient (Wildman–Crippen LogP) is -0.888. The molecule has 3 saturated heterocycles. The van der Waals surface area contributed by atoms with E-state index in [2.05, 4.69) is 24.0 Å². The third-order valence-corrected chi connectivity index (χ3v) is 6.57. The van der Waals surface area contributed by atoms with Gasteiger partial charge in [-0.25, -0.2) is 4.90 Å². The predicted molar refractivity (Wildman–Crippen MR) is 105 cm³/mol. The summed E-state index contributed by atoms with van der Waals surface area (Å²) in [5.41, 5.74) is 1.92. The standard InChI is InChI=1S/C21H30N4O2/c1-2-22-12-14-24(15-13-22)19-16-20(26)25(21(19)27)18-8-6-17(7-9-18)23-10-4-3-5-11-23/h6-9,19H,2-5,10-16H2,1H3/p+2/t19-/m1/s1. The minimum absolute atomic E-state index is 0.0133. The molecule has 0 bridgehead atoms. The highest BCUT2D eigenvalue weighted by atomic mass is 16.2. The molecule has 1 aromatic carbocycles. The van der Waals surface area contributed by atoms with Crippen LogP contribution < -0.4 is 19.6 Å². The molecule has 2 amide bonds. The molecule has 0 aromatic heterocycles. The second-order valence-corrected chi connectivity index (χ2v) is 8.15. The molecule has 0 radical (unpaired) electrons. The fourth-order valence-corrected chi connectivity index (χ4v) is 4.81. The Labute approximate surface area is 161 Å². The van der Waals surface area contributed by atoms with Gasteiger partial charge in [-0.3, -0.25) is 9.59 Å². The highest BCUT2D eigenvalue weighted by Gasteiger charge is 2.46. The molecule has 0 spiro atoms. The number of piperidine rings is 1. The second-order valence-electron chi connectivity index (χ2n) is 8.15. The van der Waals surface area contributed by atoms with Gasteiger partial charge in [0.05, 0.1) is 18.7 Å². The molecule has 3 heterocycles. The van der Waals surface area contributed by atoms with Gasteiger partial charge in [-0.1, -0.05) is 0 Å². The molecule has 27 heavy (non-hydrogen) atoms. The first-order valence-corrected chi connectivity index (χ1v) is 10.6. The Bertz CT molecular complexity index is 676. The van der Waals surface area contributed by atoms with E-state index in [1.807, 2.05) is 12.1 Å². The average Bonchev–Trinajstić information content (AvgIpc) is 3.03. The summed E-state index contributed by atoms with van der Waals surface area (Å²) in [6.07, 6.45) is 4.14. The third-order valence-electron chi connectivity index (χ3n) is 6.57. The number of hydrogen-bond donors (Lipinski definition) is 2. The van der Waals surface area contributed by atoms with Crippen molar-refractivity contribution in [3.05, 3.63) is 24.3 Å². The molecule has 3 aliphatic rings. The van der Waals surface area contributed by atoms with Crippen LogP contribution in [0.5, 0.6) is 0 Å². The van der Waals surface area contributed by atoms with Crippen molar-refractivity contribution in [2.24, 2.45) is 0 Å². The Kier molecular flexibility index (Phi) is 5.45. The molecular formula is C21H32N4O2+2. The fraction of sp³-hybridized carbons (Fsp3) is 0.619. The van der Waals surface area contributed by atoms with E-state index < -0.39 is 0 Å². The number of quaternary nitrogens is 2. The lowest BCUT2D eigenvalue weighted by Gasteiger charge is -2.31. The van der Waals surface area contributed by atoms with Gasteiger partial charge in [0, 0.05) is 18.8 Å². The van der Waals surface area contributed by atoms with Gasteiger partial charge < -0.3 is 14.7 Å². The monoisotopic (exact) mass is 372 g/mol. The number of piperazine rings is 1. The van der Waals surface area contributed by atoms with E-state index >= 15 is 0 Å². The zero-order chi connectivity index (χ0) is 18.8. The van der Waals surface area contributed by atoms with Crippen LogP contribution in [0.25, 0.3) is 0 Å². The van der Waals surface area contributed by atoms with Crippen LogP contribution in [0.2, 0.25) is 0 Å². The normalized spacial score (nSPS) is 29.4. The molecule has 0 aliphatic carbocycles. The molecule has 3 aliphatic heterocycles. The van der Waals surface area contributed by atoms with Crippen molar-refractivity contribution in [1.82, 2.24) is 0 Å². The quantitative estimate of drug-likeness (QED) is 0.675. The van der Waals surface area contributed by atoms with E-state index in [4.69, 9.17) is 0 Å². The summed E-state index contributed by atoms with van der Waals surface area (Å²) in [5.74, 6) is -0.0610. The van der Waals surface area contributed by atoms with Crippen molar-refractivity contribution in [3.8, 4) is 0 Å². The zero-order valence-corrected chi connectivity index (χ0v) is 16.4. The molecule has 4 rings (SSSR count). The van der Waals surface area contributed by atoms with Crippen LogP contribution in [0.1, 0.15) is 32.6 Å². The highest BCUT2D eigenvalue weighted by molar-refractivity contribution is 6.21. The SMILES string of the molecule is CC[NH+]1CC[NH+]([C@@H]2CC(=O)N(c3ccc(N4CCCCC4)cc3)C2=O)CC1. The number of carbonyl (C=O) groups excluding carboxylic acids is 2. The minimum Gasteiger partial charge on any atom is -0.372 e. The van der Waals surface area contributed by atoms with Gasteiger partial charge >= 0.3 is 0 Å². The fourth-order valence-electron chi connectivity index (χ4n) is 4.81. The van der Waals surface area contributed by atoms with Crippen molar-refractivity contribution in [3.63, 3.8) is 0 Å². The van der Waals surface area contributed by atoms with Crippen LogP contribution in [0.4, 0.5) is 11.4 Å². The lowest BCUT2D eigenvalue weighted by atomic mass is 10.1. The van der Waals surface area contributed by atoms with Gasteiger partial charge in [0.1, 0.15) is 26.2 Å². The van der Waals surface area contributed by atoms with E-state index in [1.54, 1.807) is 4.90 Å².